The lowest BCUT2D eigenvalue weighted by atomic mass is 10.2. The van der Waals surface area contributed by atoms with E-state index in [1.165, 1.54) is 30.6 Å². The number of nitrogens with zero attached hydrogens (tertiary/aromatic N) is 1. The average molecular weight is 326 g/mol. The molecular formula is C11H22N2O5S2. The van der Waals surface area contributed by atoms with Crippen LogP contribution in [0.5, 0.6) is 0 Å². The number of carbonyl (C=O) groups is 2. The molecule has 0 spiro atoms. The number of hydrogen-bond donors (Lipinski definition) is 2. The summed E-state index contributed by atoms with van der Waals surface area (Å²) in [5.74, 6) is -0.874. The first kappa shape index (κ1) is 19.2. The molecule has 0 saturated carbocycles. The van der Waals surface area contributed by atoms with Crippen LogP contribution in [0.4, 0.5) is 0 Å². The summed E-state index contributed by atoms with van der Waals surface area (Å²) in [5.41, 5.74) is 0. The third kappa shape index (κ3) is 7.71. The van der Waals surface area contributed by atoms with E-state index in [0.717, 1.165) is 0 Å². The van der Waals surface area contributed by atoms with E-state index in [1.54, 1.807) is 0 Å². The molecule has 7 nitrogen and oxygen atoms in total. The van der Waals surface area contributed by atoms with Crippen LogP contribution in [0.2, 0.25) is 0 Å². The monoisotopic (exact) mass is 326 g/mol. The zero-order chi connectivity index (χ0) is 15.8. The van der Waals surface area contributed by atoms with Crippen molar-refractivity contribution in [1.29, 1.82) is 0 Å². The summed E-state index contributed by atoms with van der Waals surface area (Å²) in [4.78, 5) is 23.9. The van der Waals surface area contributed by atoms with E-state index in [9.17, 15) is 18.0 Å². The number of thioether (sulfide) groups is 1. The molecule has 0 heterocycles. The zero-order valence-corrected chi connectivity index (χ0v) is 13.6. The van der Waals surface area contributed by atoms with Crippen molar-refractivity contribution in [2.45, 2.75) is 25.8 Å². The van der Waals surface area contributed by atoms with Crippen LogP contribution < -0.4 is 4.72 Å². The first-order valence-electron chi connectivity index (χ1n) is 6.19. The fraction of sp³-hybridized carbons (Fsp3) is 0.818. The second-order valence-corrected chi connectivity index (χ2v) is 7.29. The minimum Gasteiger partial charge on any atom is -0.481 e. The van der Waals surface area contributed by atoms with Crippen molar-refractivity contribution in [3.05, 3.63) is 0 Å². The lowest BCUT2D eigenvalue weighted by molar-refractivity contribution is -0.138. The topological polar surface area (TPSA) is 104 Å². The Morgan fingerprint density at radius 3 is 2.45 bits per heavy atom. The van der Waals surface area contributed by atoms with Gasteiger partial charge in [-0.1, -0.05) is 0 Å². The van der Waals surface area contributed by atoms with E-state index in [2.05, 4.69) is 4.72 Å². The summed E-state index contributed by atoms with van der Waals surface area (Å²) in [6.45, 7) is 1.55. The molecule has 0 radical (unpaired) electrons. The van der Waals surface area contributed by atoms with E-state index in [-0.39, 0.29) is 18.7 Å². The van der Waals surface area contributed by atoms with Crippen molar-refractivity contribution in [2.75, 3.05) is 31.4 Å². The highest BCUT2D eigenvalue weighted by Gasteiger charge is 2.25. The molecule has 0 saturated heterocycles. The summed E-state index contributed by atoms with van der Waals surface area (Å²) in [6, 6.07) is -0.841. The Hall–Kier alpha value is -0.800. The van der Waals surface area contributed by atoms with Crippen LogP contribution in [0.3, 0.4) is 0 Å². The summed E-state index contributed by atoms with van der Waals surface area (Å²) < 4.78 is 25.5. The van der Waals surface area contributed by atoms with E-state index in [0.29, 0.717) is 12.2 Å². The van der Waals surface area contributed by atoms with Gasteiger partial charge in [0.2, 0.25) is 15.9 Å². The summed E-state index contributed by atoms with van der Waals surface area (Å²) in [5, 5.41) is 8.60. The van der Waals surface area contributed by atoms with Gasteiger partial charge in [-0.15, -0.1) is 0 Å². The predicted octanol–water partition coefficient (Wildman–Crippen LogP) is -0.0195. The van der Waals surface area contributed by atoms with E-state index >= 15 is 0 Å². The minimum atomic E-state index is -3.48. The molecule has 0 aromatic carbocycles. The number of carbonyl (C=O) groups excluding carboxylic acids is 1. The molecule has 118 valence electrons. The Morgan fingerprint density at radius 1 is 1.40 bits per heavy atom. The minimum absolute atomic E-state index is 0.0534. The molecule has 0 aliphatic heterocycles. The third-order valence-corrected chi connectivity index (χ3v) is 4.70. The van der Waals surface area contributed by atoms with Gasteiger partial charge in [-0.05, 0) is 25.4 Å². The molecule has 0 aliphatic carbocycles. The fourth-order valence-corrected chi connectivity index (χ4v) is 2.70. The van der Waals surface area contributed by atoms with Gasteiger partial charge in [0.25, 0.3) is 0 Å². The smallest absolute Gasteiger partial charge is 0.305 e. The number of sulfonamides is 1. The number of carboxylic acids is 1. The Morgan fingerprint density at radius 2 is 2.00 bits per heavy atom. The van der Waals surface area contributed by atoms with E-state index in [1.807, 2.05) is 6.26 Å². The highest BCUT2D eigenvalue weighted by atomic mass is 32.2. The van der Waals surface area contributed by atoms with E-state index < -0.39 is 27.9 Å². The Bertz CT molecular complexity index is 425. The Kier molecular flexibility index (Phi) is 8.83. The van der Waals surface area contributed by atoms with Crippen LogP contribution in [-0.2, 0) is 19.6 Å². The predicted molar refractivity (Wildman–Crippen MR) is 79.3 cm³/mol. The van der Waals surface area contributed by atoms with Crippen molar-refractivity contribution in [3.8, 4) is 0 Å². The standard InChI is InChI=1S/C11H22N2O5S2/c1-4-20(17,18)12-9(6-8-19-3)11(16)13(2)7-5-10(14)15/h9,12H,4-8H2,1-3H3,(H,14,15). The average Bonchev–Trinajstić information content (AvgIpc) is 2.39. The summed E-state index contributed by atoms with van der Waals surface area (Å²) in [7, 11) is -2.01. The molecule has 2 N–H and O–H groups in total. The van der Waals surface area contributed by atoms with Gasteiger partial charge in [0, 0.05) is 13.6 Å². The van der Waals surface area contributed by atoms with Crippen molar-refractivity contribution < 1.29 is 23.1 Å². The molecule has 1 atom stereocenters. The molecule has 0 aliphatic rings. The van der Waals surface area contributed by atoms with Gasteiger partial charge >= 0.3 is 5.97 Å². The highest BCUT2D eigenvalue weighted by molar-refractivity contribution is 7.98. The zero-order valence-electron chi connectivity index (χ0n) is 12.0. The van der Waals surface area contributed by atoms with Gasteiger partial charge in [0.05, 0.1) is 12.2 Å². The molecule has 0 fully saturated rings. The normalized spacial score (nSPS) is 12.9. The first-order valence-corrected chi connectivity index (χ1v) is 9.23. The molecule has 0 bridgehead atoms. The molecule has 1 amide bonds. The quantitative estimate of drug-likeness (QED) is 0.585. The van der Waals surface area contributed by atoms with Gasteiger partial charge in [-0.25, -0.2) is 13.1 Å². The van der Waals surface area contributed by atoms with Crippen LogP contribution >= 0.6 is 11.8 Å². The number of nitrogens with one attached hydrogen (secondary N) is 1. The van der Waals surface area contributed by atoms with Gasteiger partial charge in [-0.2, -0.15) is 11.8 Å². The van der Waals surface area contributed by atoms with Crippen LogP contribution in [0.15, 0.2) is 0 Å². The molecule has 20 heavy (non-hydrogen) atoms. The maximum absolute atomic E-state index is 12.2. The van der Waals surface area contributed by atoms with Crippen molar-refractivity contribution in [3.63, 3.8) is 0 Å². The van der Waals surface area contributed by atoms with Gasteiger partial charge in [0.1, 0.15) is 6.04 Å². The summed E-state index contributed by atoms with van der Waals surface area (Å²) in [6.07, 6.45) is 2.07. The van der Waals surface area contributed by atoms with Crippen LogP contribution in [-0.4, -0.2) is 67.7 Å². The fourth-order valence-electron chi connectivity index (χ4n) is 1.41. The second kappa shape index (κ2) is 9.19. The molecule has 1 unspecified atom stereocenters. The van der Waals surface area contributed by atoms with Gasteiger partial charge in [-0.3, -0.25) is 9.59 Å². The number of aliphatic carboxylic acids is 1. The van der Waals surface area contributed by atoms with Gasteiger partial charge in [0.15, 0.2) is 0 Å². The molecule has 0 rings (SSSR count). The van der Waals surface area contributed by atoms with Crippen LogP contribution in [0.1, 0.15) is 19.8 Å². The molecule has 0 aromatic rings. The molecule has 9 heteroatoms. The SMILES string of the molecule is CCS(=O)(=O)NC(CCSC)C(=O)N(C)CCC(=O)O. The second-order valence-electron chi connectivity index (χ2n) is 4.26. The maximum atomic E-state index is 12.2. The van der Waals surface area contributed by atoms with E-state index in [4.69, 9.17) is 5.11 Å². The Labute approximate surface area is 124 Å². The third-order valence-electron chi connectivity index (χ3n) is 2.65. The number of likely N-dealkylation sites (N-methyl/N-ethyl adjacent to an activating group) is 1. The van der Waals surface area contributed by atoms with Crippen molar-refractivity contribution in [2.24, 2.45) is 0 Å². The largest absolute Gasteiger partial charge is 0.481 e. The number of hydrogen-bond acceptors (Lipinski definition) is 5. The van der Waals surface area contributed by atoms with Crippen molar-refractivity contribution >= 4 is 33.7 Å². The Balaban J connectivity index is 4.74. The lowest BCUT2D eigenvalue weighted by Gasteiger charge is -2.23. The molecule has 0 aromatic heterocycles. The first-order chi connectivity index (χ1) is 9.23. The number of rotatable bonds is 10. The molecular weight excluding hydrogens is 304 g/mol. The van der Waals surface area contributed by atoms with Crippen LogP contribution in [0, 0.1) is 0 Å². The number of amides is 1. The highest BCUT2D eigenvalue weighted by Crippen LogP contribution is 2.06. The summed E-state index contributed by atoms with van der Waals surface area (Å²) >= 11 is 1.51. The maximum Gasteiger partial charge on any atom is 0.305 e. The van der Waals surface area contributed by atoms with Crippen molar-refractivity contribution in [1.82, 2.24) is 9.62 Å². The number of carboxylic acid groups (broad SMARTS) is 1. The van der Waals surface area contributed by atoms with Crippen LogP contribution in [0.25, 0.3) is 0 Å². The van der Waals surface area contributed by atoms with Gasteiger partial charge < -0.3 is 10.0 Å². The lowest BCUT2D eigenvalue weighted by Crippen LogP contribution is -2.48.